The Bertz CT molecular complexity index is 793. The van der Waals surface area contributed by atoms with Gasteiger partial charge in [-0.3, -0.25) is 14.2 Å². The first kappa shape index (κ1) is 17.1. The average molecular weight is 347 g/mol. The summed E-state index contributed by atoms with van der Waals surface area (Å²) in [5.41, 5.74) is 1.22. The lowest BCUT2D eigenvalue weighted by Crippen LogP contribution is -2.30. The van der Waals surface area contributed by atoms with E-state index in [9.17, 15) is 9.59 Å². The van der Waals surface area contributed by atoms with Crippen molar-refractivity contribution in [3.63, 3.8) is 0 Å². The van der Waals surface area contributed by atoms with E-state index in [0.717, 1.165) is 48.9 Å². The minimum absolute atomic E-state index is 0.0170. The van der Waals surface area contributed by atoms with Crippen LogP contribution in [0.2, 0.25) is 0 Å². The molecule has 0 aliphatic heterocycles. The van der Waals surface area contributed by atoms with Gasteiger partial charge in [0.25, 0.3) is 5.56 Å². The van der Waals surface area contributed by atoms with Gasteiger partial charge in [0.05, 0.1) is 11.7 Å². The number of aromatic nitrogens is 2. The van der Waals surface area contributed by atoms with Crippen LogP contribution in [0.15, 0.2) is 11.1 Å². The standard InChI is InChI=1S/C18H25N3O2S/c1-3-4-10-20(2)15(22)9-11-21-12-19-17-16(18(21)23)13-7-5-6-8-14(13)24-17/h12H,3-11H2,1-2H3. The van der Waals surface area contributed by atoms with Crippen molar-refractivity contribution in [1.29, 1.82) is 0 Å². The molecule has 0 spiro atoms. The summed E-state index contributed by atoms with van der Waals surface area (Å²) >= 11 is 1.66. The molecule has 24 heavy (non-hydrogen) atoms. The number of thiophene rings is 1. The minimum atomic E-state index is 0.0170. The number of unbranched alkanes of at least 4 members (excludes halogenated alkanes) is 1. The fraction of sp³-hybridized carbons (Fsp3) is 0.611. The molecule has 0 N–H and O–H groups in total. The molecule has 2 aromatic heterocycles. The average Bonchev–Trinajstić information content (AvgIpc) is 2.98. The van der Waals surface area contributed by atoms with Crippen LogP contribution in [-0.4, -0.2) is 34.0 Å². The van der Waals surface area contributed by atoms with E-state index in [2.05, 4.69) is 11.9 Å². The van der Waals surface area contributed by atoms with Crippen LogP contribution >= 0.6 is 11.3 Å². The Balaban J connectivity index is 1.77. The minimum Gasteiger partial charge on any atom is -0.346 e. The van der Waals surface area contributed by atoms with E-state index in [1.165, 1.54) is 16.9 Å². The molecule has 6 heteroatoms. The molecule has 0 fully saturated rings. The summed E-state index contributed by atoms with van der Waals surface area (Å²) in [6.45, 7) is 3.29. The predicted octanol–water partition coefficient (Wildman–Crippen LogP) is 2.99. The Hall–Kier alpha value is -1.69. The van der Waals surface area contributed by atoms with Gasteiger partial charge in [-0.25, -0.2) is 4.98 Å². The summed E-state index contributed by atoms with van der Waals surface area (Å²) in [5, 5.41) is 0.795. The normalized spacial score (nSPS) is 13.9. The van der Waals surface area contributed by atoms with Crippen molar-refractivity contribution >= 4 is 27.5 Å². The third-order valence-electron chi connectivity index (χ3n) is 4.78. The molecule has 1 aliphatic rings. The van der Waals surface area contributed by atoms with Gasteiger partial charge in [0.15, 0.2) is 0 Å². The van der Waals surface area contributed by atoms with Crippen molar-refractivity contribution in [1.82, 2.24) is 14.5 Å². The molecule has 0 bridgehead atoms. The van der Waals surface area contributed by atoms with Crippen LogP contribution in [0, 0.1) is 0 Å². The maximum atomic E-state index is 12.8. The van der Waals surface area contributed by atoms with Crippen LogP contribution in [0.25, 0.3) is 10.2 Å². The molecule has 3 rings (SSSR count). The van der Waals surface area contributed by atoms with E-state index in [1.807, 2.05) is 7.05 Å². The number of nitrogens with zero attached hydrogens (tertiary/aromatic N) is 3. The summed E-state index contributed by atoms with van der Waals surface area (Å²) in [6.07, 6.45) is 8.43. The van der Waals surface area contributed by atoms with Crippen molar-refractivity contribution < 1.29 is 4.79 Å². The topological polar surface area (TPSA) is 55.2 Å². The number of hydrogen-bond donors (Lipinski definition) is 0. The lowest BCUT2D eigenvalue weighted by Gasteiger charge is -2.17. The summed E-state index contributed by atoms with van der Waals surface area (Å²) in [7, 11) is 1.83. The Kier molecular flexibility index (Phi) is 5.33. The van der Waals surface area contributed by atoms with Crippen molar-refractivity contribution in [2.45, 2.75) is 58.4 Å². The Morgan fingerprint density at radius 3 is 2.96 bits per heavy atom. The molecule has 2 heterocycles. The van der Waals surface area contributed by atoms with E-state index in [0.29, 0.717) is 13.0 Å². The molecule has 5 nitrogen and oxygen atoms in total. The number of fused-ring (bicyclic) bond motifs is 3. The molecule has 0 atom stereocenters. The second-order valence-corrected chi connectivity index (χ2v) is 7.64. The summed E-state index contributed by atoms with van der Waals surface area (Å²) in [4.78, 5) is 33.4. The van der Waals surface area contributed by atoms with Gasteiger partial charge in [-0.2, -0.15) is 0 Å². The first-order valence-corrected chi connectivity index (χ1v) is 9.67. The molecule has 1 aliphatic carbocycles. The molecule has 0 aromatic carbocycles. The summed E-state index contributed by atoms with van der Waals surface area (Å²) in [5.74, 6) is 0.0859. The van der Waals surface area contributed by atoms with E-state index >= 15 is 0 Å². The van der Waals surface area contributed by atoms with Crippen LogP contribution in [0.3, 0.4) is 0 Å². The highest BCUT2D eigenvalue weighted by atomic mass is 32.1. The zero-order valence-corrected chi connectivity index (χ0v) is 15.3. The Morgan fingerprint density at radius 1 is 1.38 bits per heavy atom. The quantitative estimate of drug-likeness (QED) is 0.807. The van der Waals surface area contributed by atoms with Crippen LogP contribution in [0.1, 0.15) is 49.5 Å². The lowest BCUT2D eigenvalue weighted by atomic mass is 9.97. The second-order valence-electron chi connectivity index (χ2n) is 6.55. The van der Waals surface area contributed by atoms with Gasteiger partial charge in [0.2, 0.25) is 5.91 Å². The van der Waals surface area contributed by atoms with Gasteiger partial charge in [-0.05, 0) is 37.7 Å². The SMILES string of the molecule is CCCCN(C)C(=O)CCn1cnc2sc3c(c2c1=O)CCCC3. The molecule has 130 valence electrons. The monoisotopic (exact) mass is 347 g/mol. The van der Waals surface area contributed by atoms with Crippen molar-refractivity contribution in [3.05, 3.63) is 27.1 Å². The zero-order valence-electron chi connectivity index (χ0n) is 14.5. The number of aryl methyl sites for hydroxylation is 3. The van der Waals surface area contributed by atoms with Crippen LogP contribution in [-0.2, 0) is 24.2 Å². The van der Waals surface area contributed by atoms with Crippen molar-refractivity contribution in [2.75, 3.05) is 13.6 Å². The molecule has 1 amide bonds. The van der Waals surface area contributed by atoms with Gasteiger partial charge in [0, 0.05) is 31.4 Å². The first-order valence-electron chi connectivity index (χ1n) is 8.85. The van der Waals surface area contributed by atoms with Crippen LogP contribution in [0.4, 0.5) is 0 Å². The number of rotatable bonds is 6. The van der Waals surface area contributed by atoms with E-state index < -0.39 is 0 Å². The molecular weight excluding hydrogens is 322 g/mol. The predicted molar refractivity (Wildman–Crippen MR) is 97.7 cm³/mol. The summed E-state index contributed by atoms with van der Waals surface area (Å²) < 4.78 is 1.61. The highest BCUT2D eigenvalue weighted by Gasteiger charge is 2.20. The second kappa shape index (κ2) is 7.47. The third-order valence-corrected chi connectivity index (χ3v) is 5.98. The molecule has 0 saturated heterocycles. The van der Waals surface area contributed by atoms with Gasteiger partial charge >= 0.3 is 0 Å². The van der Waals surface area contributed by atoms with Crippen LogP contribution < -0.4 is 5.56 Å². The molecule has 0 radical (unpaired) electrons. The lowest BCUT2D eigenvalue weighted by molar-refractivity contribution is -0.130. The largest absolute Gasteiger partial charge is 0.346 e. The maximum absolute atomic E-state index is 12.8. The summed E-state index contributed by atoms with van der Waals surface area (Å²) in [6, 6.07) is 0. The first-order chi connectivity index (χ1) is 11.6. The van der Waals surface area contributed by atoms with Gasteiger partial charge < -0.3 is 4.90 Å². The smallest absolute Gasteiger partial charge is 0.262 e. The van der Waals surface area contributed by atoms with Crippen LogP contribution in [0.5, 0.6) is 0 Å². The fourth-order valence-corrected chi connectivity index (χ4v) is 4.49. The third kappa shape index (κ3) is 3.38. The molecule has 0 unspecified atom stereocenters. The van der Waals surface area contributed by atoms with Gasteiger partial charge in [-0.15, -0.1) is 11.3 Å². The Labute approximate surface area is 146 Å². The number of amides is 1. The number of hydrogen-bond acceptors (Lipinski definition) is 4. The molecule has 2 aromatic rings. The fourth-order valence-electron chi connectivity index (χ4n) is 3.27. The maximum Gasteiger partial charge on any atom is 0.262 e. The van der Waals surface area contributed by atoms with E-state index in [-0.39, 0.29) is 11.5 Å². The van der Waals surface area contributed by atoms with Crippen molar-refractivity contribution in [2.24, 2.45) is 0 Å². The number of carbonyl (C=O) groups excluding carboxylic acids is 1. The van der Waals surface area contributed by atoms with Gasteiger partial charge in [-0.1, -0.05) is 13.3 Å². The van der Waals surface area contributed by atoms with Gasteiger partial charge in [0.1, 0.15) is 4.83 Å². The molecule has 0 saturated carbocycles. The highest BCUT2D eigenvalue weighted by Crippen LogP contribution is 2.33. The zero-order chi connectivity index (χ0) is 17.1. The number of carbonyl (C=O) groups is 1. The van der Waals surface area contributed by atoms with E-state index in [1.54, 1.807) is 27.1 Å². The highest BCUT2D eigenvalue weighted by molar-refractivity contribution is 7.18. The van der Waals surface area contributed by atoms with Crippen molar-refractivity contribution in [3.8, 4) is 0 Å². The molecular formula is C18H25N3O2S. The van der Waals surface area contributed by atoms with E-state index in [4.69, 9.17) is 0 Å². The Morgan fingerprint density at radius 2 is 2.17 bits per heavy atom.